The smallest absolute Gasteiger partial charge is 0.213 e. The Morgan fingerprint density at radius 2 is 2.26 bits per heavy atom. The average Bonchev–Trinajstić information content (AvgIpc) is 3.02. The van der Waals surface area contributed by atoms with Crippen molar-refractivity contribution in [1.29, 1.82) is 0 Å². The van der Waals surface area contributed by atoms with E-state index in [9.17, 15) is 4.39 Å². The van der Waals surface area contributed by atoms with Gasteiger partial charge < -0.3 is 9.09 Å². The van der Waals surface area contributed by atoms with Crippen LogP contribution in [0.3, 0.4) is 0 Å². The molecule has 3 rings (SSSR count). The first kappa shape index (κ1) is 12.1. The Kier molecular flexibility index (Phi) is 3.16. The van der Waals surface area contributed by atoms with Gasteiger partial charge in [0.2, 0.25) is 6.39 Å². The van der Waals surface area contributed by atoms with E-state index in [-0.39, 0.29) is 11.7 Å². The van der Waals surface area contributed by atoms with Crippen molar-refractivity contribution in [2.24, 2.45) is 0 Å². The Hall–Kier alpha value is -1.95. The van der Waals surface area contributed by atoms with Crippen LogP contribution in [0.25, 0.3) is 11.0 Å². The highest BCUT2D eigenvalue weighted by Gasteiger charge is 2.11. The molecular formula is C12H10ClFN4O. The zero-order chi connectivity index (χ0) is 13.2. The summed E-state index contributed by atoms with van der Waals surface area (Å²) in [5.41, 5.74) is 1.45. The summed E-state index contributed by atoms with van der Waals surface area (Å²) >= 11 is 5.88. The van der Waals surface area contributed by atoms with Crippen LogP contribution in [-0.4, -0.2) is 19.7 Å². The molecule has 19 heavy (non-hydrogen) atoms. The second-order valence-corrected chi connectivity index (χ2v) is 4.31. The molecule has 0 saturated carbocycles. The van der Waals surface area contributed by atoms with Crippen LogP contribution in [0.5, 0.6) is 0 Å². The molecule has 1 aromatic carbocycles. The van der Waals surface area contributed by atoms with E-state index in [2.05, 4.69) is 19.6 Å². The molecule has 0 aliphatic carbocycles. The van der Waals surface area contributed by atoms with Gasteiger partial charge in [0.25, 0.3) is 0 Å². The number of aryl methyl sites for hydroxylation is 2. The number of rotatable bonds is 4. The molecule has 0 aliphatic rings. The minimum Gasteiger partial charge on any atom is -0.343 e. The maximum atomic E-state index is 13.2. The minimum atomic E-state index is -0.309. The molecule has 0 bridgehead atoms. The second-order valence-electron chi connectivity index (χ2n) is 4.04. The molecule has 0 aliphatic heterocycles. The van der Waals surface area contributed by atoms with Crippen LogP contribution < -0.4 is 0 Å². The van der Waals surface area contributed by atoms with Crippen molar-refractivity contribution in [1.82, 2.24) is 19.7 Å². The molecule has 0 radical (unpaired) electrons. The fraction of sp³-hybridized carbons (Fsp3) is 0.250. The quantitative estimate of drug-likeness (QED) is 0.689. The third-order valence-corrected chi connectivity index (χ3v) is 3.11. The molecule has 7 heteroatoms. The number of fused-ring (bicyclic) bond motifs is 1. The van der Waals surface area contributed by atoms with Gasteiger partial charge in [-0.2, -0.15) is 4.98 Å². The maximum absolute atomic E-state index is 13.2. The van der Waals surface area contributed by atoms with E-state index in [0.29, 0.717) is 30.1 Å². The van der Waals surface area contributed by atoms with Gasteiger partial charge in [0, 0.05) is 19.0 Å². The van der Waals surface area contributed by atoms with Gasteiger partial charge in [0.1, 0.15) is 11.6 Å². The van der Waals surface area contributed by atoms with Crippen molar-refractivity contribution in [3.05, 3.63) is 42.1 Å². The van der Waals surface area contributed by atoms with Gasteiger partial charge in [-0.3, -0.25) is 0 Å². The first-order chi connectivity index (χ1) is 9.28. The van der Waals surface area contributed by atoms with Gasteiger partial charge in [-0.1, -0.05) is 5.16 Å². The normalized spacial score (nSPS) is 11.3. The number of nitrogens with zero attached hydrogens (tertiary/aromatic N) is 4. The average molecular weight is 281 g/mol. The van der Waals surface area contributed by atoms with Crippen LogP contribution >= 0.6 is 11.6 Å². The maximum Gasteiger partial charge on any atom is 0.213 e. The highest BCUT2D eigenvalue weighted by Crippen LogP contribution is 2.19. The summed E-state index contributed by atoms with van der Waals surface area (Å²) in [6.07, 6.45) is 1.89. The van der Waals surface area contributed by atoms with Crippen molar-refractivity contribution in [2.45, 2.75) is 18.8 Å². The highest BCUT2D eigenvalue weighted by atomic mass is 35.5. The first-order valence-electron chi connectivity index (χ1n) is 5.74. The molecule has 2 heterocycles. The standard InChI is InChI=1S/C12H10ClFN4O/c13-6-12-16-9-5-8(14)1-2-10(9)18(12)4-3-11-15-7-19-17-11/h1-2,5,7H,3-4,6H2. The monoisotopic (exact) mass is 280 g/mol. The third-order valence-electron chi connectivity index (χ3n) is 2.87. The van der Waals surface area contributed by atoms with E-state index in [4.69, 9.17) is 11.6 Å². The van der Waals surface area contributed by atoms with Gasteiger partial charge >= 0.3 is 0 Å². The molecule has 0 amide bonds. The molecule has 98 valence electrons. The number of hydrogen-bond donors (Lipinski definition) is 0. The highest BCUT2D eigenvalue weighted by molar-refractivity contribution is 6.16. The van der Waals surface area contributed by atoms with Gasteiger partial charge in [0.05, 0.1) is 16.9 Å². The Balaban J connectivity index is 1.96. The van der Waals surface area contributed by atoms with E-state index in [0.717, 1.165) is 5.52 Å². The minimum absolute atomic E-state index is 0.266. The number of halogens is 2. The molecule has 5 nitrogen and oxygen atoms in total. The van der Waals surface area contributed by atoms with Crippen molar-refractivity contribution >= 4 is 22.6 Å². The van der Waals surface area contributed by atoms with Crippen molar-refractivity contribution in [2.75, 3.05) is 0 Å². The third kappa shape index (κ3) is 2.31. The summed E-state index contributed by atoms with van der Waals surface area (Å²) in [6, 6.07) is 4.51. The number of benzene rings is 1. The van der Waals surface area contributed by atoms with Crippen LogP contribution in [0.2, 0.25) is 0 Å². The van der Waals surface area contributed by atoms with Gasteiger partial charge in [-0.25, -0.2) is 9.37 Å². The number of hydrogen-bond acceptors (Lipinski definition) is 4. The Morgan fingerprint density at radius 1 is 1.37 bits per heavy atom. The van der Waals surface area contributed by atoms with Gasteiger partial charge in [-0.05, 0) is 12.1 Å². The number of imidazole rings is 1. The first-order valence-corrected chi connectivity index (χ1v) is 6.27. The molecule has 3 aromatic rings. The Labute approximate surface area is 113 Å². The van der Waals surface area contributed by atoms with Crippen LogP contribution in [0.1, 0.15) is 11.6 Å². The van der Waals surface area contributed by atoms with E-state index in [1.54, 1.807) is 6.07 Å². The molecule has 0 fully saturated rings. The molecule has 0 saturated heterocycles. The van der Waals surface area contributed by atoms with Gasteiger partial charge in [-0.15, -0.1) is 11.6 Å². The zero-order valence-corrected chi connectivity index (χ0v) is 10.6. The SMILES string of the molecule is Fc1ccc2c(c1)nc(CCl)n2CCc1ncon1. The molecule has 0 atom stereocenters. The number of aromatic nitrogens is 4. The Morgan fingerprint density at radius 3 is 3.00 bits per heavy atom. The lowest BCUT2D eigenvalue weighted by atomic mass is 10.3. The summed E-state index contributed by atoms with van der Waals surface area (Å²) < 4.78 is 19.8. The molecule has 0 unspecified atom stereocenters. The van der Waals surface area contributed by atoms with Crippen molar-refractivity contribution in [3.8, 4) is 0 Å². The zero-order valence-electron chi connectivity index (χ0n) is 9.88. The topological polar surface area (TPSA) is 56.7 Å². The molecule has 0 N–H and O–H groups in total. The van der Waals surface area contributed by atoms with E-state index in [1.165, 1.54) is 18.5 Å². The lowest BCUT2D eigenvalue weighted by molar-refractivity contribution is 0.408. The number of alkyl halides is 1. The van der Waals surface area contributed by atoms with Crippen molar-refractivity contribution in [3.63, 3.8) is 0 Å². The lowest BCUT2D eigenvalue weighted by Crippen LogP contribution is -2.06. The molecule has 2 aromatic heterocycles. The van der Waals surface area contributed by atoms with E-state index >= 15 is 0 Å². The summed E-state index contributed by atoms with van der Waals surface area (Å²) in [4.78, 5) is 8.28. The summed E-state index contributed by atoms with van der Waals surface area (Å²) in [5, 5.41) is 3.75. The lowest BCUT2D eigenvalue weighted by Gasteiger charge is -2.05. The van der Waals surface area contributed by atoms with Crippen LogP contribution in [0.4, 0.5) is 4.39 Å². The van der Waals surface area contributed by atoms with E-state index < -0.39 is 0 Å². The molecule has 0 spiro atoms. The fourth-order valence-corrected chi connectivity index (χ4v) is 2.22. The van der Waals surface area contributed by atoms with Crippen LogP contribution in [0, 0.1) is 5.82 Å². The van der Waals surface area contributed by atoms with Gasteiger partial charge in [0.15, 0.2) is 5.82 Å². The molecular weight excluding hydrogens is 271 g/mol. The predicted octanol–water partition coefficient (Wildman–Crippen LogP) is 2.54. The Bertz CT molecular complexity index is 695. The predicted molar refractivity (Wildman–Crippen MR) is 67.3 cm³/mol. The summed E-state index contributed by atoms with van der Waals surface area (Å²) in [5.74, 6) is 1.27. The van der Waals surface area contributed by atoms with Crippen LogP contribution in [-0.2, 0) is 18.8 Å². The van der Waals surface area contributed by atoms with Crippen molar-refractivity contribution < 1.29 is 8.91 Å². The van der Waals surface area contributed by atoms with E-state index in [1.807, 2.05) is 4.57 Å². The largest absolute Gasteiger partial charge is 0.343 e. The summed E-state index contributed by atoms with van der Waals surface area (Å²) in [6.45, 7) is 0.615. The fourth-order valence-electron chi connectivity index (χ4n) is 2.02. The van der Waals surface area contributed by atoms with Crippen LogP contribution in [0.15, 0.2) is 29.1 Å². The second kappa shape index (κ2) is 4.97. The summed E-state index contributed by atoms with van der Waals surface area (Å²) in [7, 11) is 0.